The summed E-state index contributed by atoms with van der Waals surface area (Å²) in [4.78, 5) is 9.21. The maximum Gasteiger partial charge on any atom is 0.159 e. The van der Waals surface area contributed by atoms with Gasteiger partial charge in [-0.25, -0.2) is 9.97 Å². The van der Waals surface area contributed by atoms with Crippen LogP contribution < -0.4 is 4.74 Å². The van der Waals surface area contributed by atoms with E-state index in [2.05, 4.69) is 60.4 Å². The second kappa shape index (κ2) is 17.5. The Kier molecular flexibility index (Phi) is 14.6. The van der Waals surface area contributed by atoms with Crippen LogP contribution in [-0.4, -0.2) is 24.6 Å². The minimum Gasteiger partial charge on any atom is -0.494 e. The average Bonchev–Trinajstić information content (AvgIpc) is 2.85. The summed E-state index contributed by atoms with van der Waals surface area (Å²) < 4.78 is 5.93. The molecule has 1 heterocycles. The smallest absolute Gasteiger partial charge is 0.159 e. The number of nitrogens with zero attached hydrogens (tertiary/aromatic N) is 2. The Hall–Kier alpha value is -1.94. The SMILES string of the molecule is CCCCCCCCCCc1cnc(-c2ccc(OCCCCCC/C=C/[Si](C)(C)C)cc2)nc1. The van der Waals surface area contributed by atoms with Gasteiger partial charge >= 0.3 is 0 Å². The van der Waals surface area contributed by atoms with Gasteiger partial charge in [-0.05, 0) is 61.9 Å². The maximum absolute atomic E-state index is 5.93. The molecule has 3 nitrogen and oxygen atoms in total. The van der Waals surface area contributed by atoms with Gasteiger partial charge in [-0.2, -0.15) is 0 Å². The molecule has 0 saturated heterocycles. The zero-order valence-corrected chi connectivity index (χ0v) is 24.0. The van der Waals surface area contributed by atoms with Gasteiger partial charge in [0.2, 0.25) is 0 Å². The Morgan fingerprint density at radius 2 is 1.34 bits per heavy atom. The second-order valence-corrected chi connectivity index (χ2v) is 16.0. The van der Waals surface area contributed by atoms with E-state index >= 15 is 0 Å². The predicted octanol–water partition coefficient (Wildman–Crippen LogP) is 9.59. The summed E-state index contributed by atoms with van der Waals surface area (Å²) in [5.41, 5.74) is 4.74. The molecular formula is C31H50N2OSi. The minimum absolute atomic E-state index is 0.786. The zero-order valence-electron chi connectivity index (χ0n) is 23.0. The number of ether oxygens (including phenoxy) is 1. The lowest BCUT2D eigenvalue weighted by atomic mass is 10.1. The van der Waals surface area contributed by atoms with E-state index in [1.54, 1.807) is 0 Å². The van der Waals surface area contributed by atoms with Crippen molar-refractivity contribution in [2.75, 3.05) is 6.61 Å². The molecule has 0 aliphatic carbocycles. The summed E-state index contributed by atoms with van der Waals surface area (Å²) in [7, 11) is -1.03. The molecule has 0 saturated carbocycles. The van der Waals surface area contributed by atoms with Crippen molar-refractivity contribution in [3.8, 4) is 17.1 Å². The van der Waals surface area contributed by atoms with Crippen LogP contribution >= 0.6 is 0 Å². The number of benzene rings is 1. The van der Waals surface area contributed by atoms with E-state index in [0.29, 0.717) is 0 Å². The van der Waals surface area contributed by atoms with Crippen LogP contribution in [0.3, 0.4) is 0 Å². The summed E-state index contributed by atoms with van der Waals surface area (Å²) in [6, 6.07) is 8.20. The highest BCUT2D eigenvalue weighted by atomic mass is 28.3. The van der Waals surface area contributed by atoms with Crippen LogP contribution in [0.25, 0.3) is 11.4 Å². The number of aryl methyl sites for hydroxylation is 1. The molecule has 0 atom stereocenters. The van der Waals surface area contributed by atoms with E-state index in [1.807, 2.05) is 24.5 Å². The van der Waals surface area contributed by atoms with Crippen LogP contribution in [0.2, 0.25) is 19.6 Å². The van der Waals surface area contributed by atoms with Crippen molar-refractivity contribution in [1.82, 2.24) is 9.97 Å². The molecule has 0 N–H and O–H groups in total. The van der Waals surface area contributed by atoms with Crippen LogP contribution in [-0.2, 0) is 6.42 Å². The highest BCUT2D eigenvalue weighted by Gasteiger charge is 2.06. The second-order valence-electron chi connectivity index (χ2n) is 11.0. The van der Waals surface area contributed by atoms with E-state index in [9.17, 15) is 0 Å². The maximum atomic E-state index is 5.93. The largest absolute Gasteiger partial charge is 0.494 e. The Balaban J connectivity index is 1.59. The van der Waals surface area contributed by atoms with Crippen LogP contribution in [0.1, 0.15) is 96.0 Å². The molecule has 4 heteroatoms. The van der Waals surface area contributed by atoms with Crippen molar-refractivity contribution >= 4 is 8.07 Å². The first-order chi connectivity index (χ1) is 17.0. The third-order valence-corrected chi connectivity index (χ3v) is 7.52. The molecule has 2 aromatic rings. The summed E-state index contributed by atoms with van der Waals surface area (Å²) in [5.74, 6) is 1.72. The Morgan fingerprint density at radius 1 is 0.743 bits per heavy atom. The van der Waals surface area contributed by atoms with Crippen LogP contribution in [0.4, 0.5) is 0 Å². The summed E-state index contributed by atoms with van der Waals surface area (Å²) in [6.07, 6.45) is 24.4. The Labute approximate surface area is 216 Å². The zero-order chi connectivity index (χ0) is 25.2. The predicted molar refractivity (Wildman–Crippen MR) is 155 cm³/mol. The summed E-state index contributed by atoms with van der Waals surface area (Å²) in [6.45, 7) is 10.2. The first-order valence-electron chi connectivity index (χ1n) is 14.2. The van der Waals surface area contributed by atoms with Crippen LogP contribution in [0.5, 0.6) is 5.75 Å². The Bertz CT molecular complexity index is 809. The highest BCUT2D eigenvalue weighted by Crippen LogP contribution is 2.20. The van der Waals surface area contributed by atoms with Crippen molar-refractivity contribution in [3.05, 3.63) is 54.0 Å². The number of allylic oxidation sites excluding steroid dienone is 1. The first-order valence-corrected chi connectivity index (χ1v) is 17.8. The fourth-order valence-electron chi connectivity index (χ4n) is 4.14. The standard InChI is InChI=1S/C31H50N2OSi/c1-5-6-7-8-9-10-13-16-19-28-26-32-31(33-27-28)29-20-22-30(23-21-29)34-24-17-14-11-12-15-18-25-35(2,3)4/h18,20-23,25-27H,5-17,19,24H2,1-4H3/b25-18+. The van der Waals surface area contributed by atoms with Crippen LogP contribution in [0, 0.1) is 0 Å². The van der Waals surface area contributed by atoms with Gasteiger partial charge in [0.05, 0.1) is 14.7 Å². The Morgan fingerprint density at radius 3 is 2.00 bits per heavy atom. The number of hydrogen-bond acceptors (Lipinski definition) is 3. The topological polar surface area (TPSA) is 35.0 Å². The molecular weight excluding hydrogens is 444 g/mol. The lowest BCUT2D eigenvalue weighted by molar-refractivity contribution is 0.305. The molecule has 0 unspecified atom stereocenters. The van der Waals surface area contributed by atoms with Crippen LogP contribution in [0.15, 0.2) is 48.4 Å². The van der Waals surface area contributed by atoms with Gasteiger partial charge < -0.3 is 4.74 Å². The van der Waals surface area contributed by atoms with Crippen molar-refractivity contribution in [3.63, 3.8) is 0 Å². The van der Waals surface area contributed by atoms with Gasteiger partial charge in [-0.15, -0.1) is 0 Å². The molecule has 0 bridgehead atoms. The molecule has 35 heavy (non-hydrogen) atoms. The summed E-state index contributed by atoms with van der Waals surface area (Å²) >= 11 is 0. The first kappa shape index (κ1) is 29.3. The van der Waals surface area contributed by atoms with E-state index in [4.69, 9.17) is 4.74 Å². The molecule has 194 valence electrons. The van der Waals surface area contributed by atoms with Gasteiger partial charge in [0.25, 0.3) is 0 Å². The molecule has 0 amide bonds. The van der Waals surface area contributed by atoms with Crippen molar-refractivity contribution < 1.29 is 4.74 Å². The average molecular weight is 495 g/mol. The van der Waals surface area contributed by atoms with Gasteiger partial charge in [0.15, 0.2) is 5.82 Å². The number of rotatable bonds is 19. The van der Waals surface area contributed by atoms with Crippen molar-refractivity contribution in [2.45, 2.75) is 116 Å². The third-order valence-electron chi connectivity index (χ3n) is 6.29. The fraction of sp³-hybridized carbons (Fsp3) is 0.613. The number of hydrogen-bond donors (Lipinski definition) is 0. The van der Waals surface area contributed by atoms with Crippen molar-refractivity contribution in [2.24, 2.45) is 0 Å². The molecule has 0 radical (unpaired) electrons. The minimum atomic E-state index is -1.03. The van der Waals surface area contributed by atoms with E-state index < -0.39 is 8.07 Å². The molecule has 0 aliphatic rings. The summed E-state index contributed by atoms with van der Waals surface area (Å²) in [5, 5.41) is 0. The third kappa shape index (κ3) is 14.3. The lowest BCUT2D eigenvalue weighted by Crippen LogP contribution is -2.15. The van der Waals surface area contributed by atoms with Gasteiger partial charge in [-0.3, -0.25) is 0 Å². The molecule has 0 aliphatic heterocycles. The van der Waals surface area contributed by atoms with E-state index in [-0.39, 0.29) is 0 Å². The van der Waals surface area contributed by atoms with Crippen molar-refractivity contribution in [1.29, 1.82) is 0 Å². The molecule has 0 spiro atoms. The normalized spacial score (nSPS) is 11.9. The monoisotopic (exact) mass is 494 g/mol. The number of aromatic nitrogens is 2. The molecule has 1 aromatic heterocycles. The fourth-order valence-corrected chi connectivity index (χ4v) is 5.01. The molecule has 0 fully saturated rings. The van der Waals surface area contributed by atoms with Gasteiger partial charge in [-0.1, -0.05) is 96.1 Å². The molecule has 2 rings (SSSR count). The molecule has 1 aromatic carbocycles. The van der Waals surface area contributed by atoms with E-state index in [1.165, 1.54) is 82.6 Å². The van der Waals surface area contributed by atoms with Gasteiger partial charge in [0.1, 0.15) is 5.75 Å². The van der Waals surface area contributed by atoms with E-state index in [0.717, 1.165) is 36.6 Å². The van der Waals surface area contributed by atoms with Gasteiger partial charge in [0, 0.05) is 18.0 Å². The highest BCUT2D eigenvalue weighted by molar-refractivity contribution is 6.80. The quantitative estimate of drug-likeness (QED) is 0.144. The lowest BCUT2D eigenvalue weighted by Gasteiger charge is -2.08. The number of unbranched alkanes of at least 4 members (excludes halogenated alkanes) is 11.